The van der Waals surface area contributed by atoms with Gasteiger partial charge in [-0.1, -0.05) is 12.1 Å². The normalized spacial score (nSPS) is 11.0. The van der Waals surface area contributed by atoms with E-state index in [2.05, 4.69) is 14.9 Å². The fraction of sp³-hybridized carbons (Fsp3) is 0.200. The van der Waals surface area contributed by atoms with Gasteiger partial charge in [-0.15, -0.1) is 0 Å². The monoisotopic (exact) mass is 226 g/mol. The molecule has 1 aromatic carbocycles. The van der Waals surface area contributed by atoms with Crippen LogP contribution in [0.3, 0.4) is 0 Å². The molecule has 1 heterocycles. The Morgan fingerprint density at radius 1 is 1.50 bits per heavy atom. The number of ether oxygens (including phenoxy) is 1. The number of aromatic nitrogens is 2. The second-order valence-corrected chi connectivity index (χ2v) is 3.13. The van der Waals surface area contributed by atoms with Gasteiger partial charge >= 0.3 is 5.97 Å². The number of esters is 1. The van der Waals surface area contributed by atoms with Crippen molar-refractivity contribution in [1.29, 1.82) is 0 Å². The molecular weight excluding hydrogens is 218 g/mol. The quantitative estimate of drug-likeness (QED) is 0.799. The summed E-state index contributed by atoms with van der Waals surface area (Å²) in [4.78, 5) is 11.3. The Morgan fingerprint density at radius 2 is 2.25 bits per heavy atom. The first-order chi connectivity index (χ1) is 7.65. The fourth-order valence-electron chi connectivity index (χ4n) is 1.50. The molecule has 6 heteroatoms. The third-order valence-corrected chi connectivity index (χ3v) is 2.24. The number of methoxy groups -OCH3 is 1. The minimum atomic E-state index is -2.65. The number of nitrogens with one attached hydrogen (secondary N) is 1. The van der Waals surface area contributed by atoms with E-state index < -0.39 is 12.4 Å². The SMILES string of the molecule is COC(=O)c1cccc2c(C(F)F)[nH]nc12. The number of hydrogen-bond donors (Lipinski definition) is 1. The van der Waals surface area contributed by atoms with E-state index in [9.17, 15) is 13.6 Å². The average Bonchev–Trinajstić information content (AvgIpc) is 2.71. The standard InChI is InChI=1S/C10H8F2N2O2/c1-16-10(15)6-4-2-3-5-7(6)13-14-8(5)9(11)12/h2-4,9H,1H3,(H,13,14). The molecule has 0 spiro atoms. The minimum Gasteiger partial charge on any atom is -0.465 e. The summed E-state index contributed by atoms with van der Waals surface area (Å²) < 4.78 is 29.6. The van der Waals surface area contributed by atoms with Crippen molar-refractivity contribution in [3.05, 3.63) is 29.5 Å². The molecule has 4 nitrogen and oxygen atoms in total. The molecule has 0 amide bonds. The van der Waals surface area contributed by atoms with E-state index in [1.807, 2.05) is 0 Å². The third kappa shape index (κ3) is 1.52. The molecule has 0 atom stereocenters. The Labute approximate surface area is 89.2 Å². The van der Waals surface area contributed by atoms with Crippen molar-refractivity contribution in [2.75, 3.05) is 7.11 Å². The Bertz CT molecular complexity index is 537. The van der Waals surface area contributed by atoms with Crippen molar-refractivity contribution < 1.29 is 18.3 Å². The summed E-state index contributed by atoms with van der Waals surface area (Å²) in [6.07, 6.45) is -2.65. The summed E-state index contributed by atoms with van der Waals surface area (Å²) in [7, 11) is 1.22. The van der Waals surface area contributed by atoms with E-state index in [1.165, 1.54) is 25.3 Å². The van der Waals surface area contributed by atoms with Crippen LogP contribution < -0.4 is 0 Å². The zero-order valence-electron chi connectivity index (χ0n) is 8.33. The highest BCUT2D eigenvalue weighted by Crippen LogP contribution is 2.27. The highest BCUT2D eigenvalue weighted by molar-refractivity contribution is 6.03. The summed E-state index contributed by atoms with van der Waals surface area (Å²) in [5, 5.41) is 6.16. The Kier molecular flexibility index (Phi) is 2.55. The summed E-state index contributed by atoms with van der Waals surface area (Å²) in [6.45, 7) is 0. The van der Waals surface area contributed by atoms with Crippen LogP contribution in [0.15, 0.2) is 18.2 Å². The molecule has 0 radical (unpaired) electrons. The molecule has 0 bridgehead atoms. The predicted octanol–water partition coefficient (Wildman–Crippen LogP) is 2.29. The van der Waals surface area contributed by atoms with Crippen molar-refractivity contribution in [3.63, 3.8) is 0 Å². The summed E-state index contributed by atoms with van der Waals surface area (Å²) in [6, 6.07) is 4.47. The number of aromatic amines is 1. The maximum atomic E-state index is 12.6. The van der Waals surface area contributed by atoms with Gasteiger partial charge in [0.15, 0.2) is 0 Å². The molecule has 0 fully saturated rings. The molecule has 0 aliphatic carbocycles. The molecule has 84 valence electrons. The Morgan fingerprint density at radius 3 is 2.88 bits per heavy atom. The second kappa shape index (κ2) is 3.88. The number of fused-ring (bicyclic) bond motifs is 1. The van der Waals surface area contributed by atoms with Crippen molar-refractivity contribution in [2.45, 2.75) is 6.43 Å². The number of H-pyrrole nitrogens is 1. The lowest BCUT2D eigenvalue weighted by atomic mass is 10.1. The zero-order chi connectivity index (χ0) is 11.7. The lowest BCUT2D eigenvalue weighted by Crippen LogP contribution is -2.01. The Hall–Kier alpha value is -1.98. The smallest absolute Gasteiger partial charge is 0.340 e. The van der Waals surface area contributed by atoms with Crippen LogP contribution in [-0.2, 0) is 4.74 Å². The molecule has 0 aliphatic rings. The number of para-hydroxylation sites is 1. The van der Waals surface area contributed by atoms with Crippen LogP contribution >= 0.6 is 0 Å². The van der Waals surface area contributed by atoms with Crippen molar-refractivity contribution in [3.8, 4) is 0 Å². The van der Waals surface area contributed by atoms with Crippen LogP contribution in [0, 0.1) is 0 Å². The lowest BCUT2D eigenvalue weighted by Gasteiger charge is -2.00. The summed E-state index contributed by atoms with van der Waals surface area (Å²) in [5.41, 5.74) is 0.0774. The number of halogens is 2. The van der Waals surface area contributed by atoms with Crippen LogP contribution in [0.4, 0.5) is 8.78 Å². The molecule has 2 rings (SSSR count). The van der Waals surface area contributed by atoms with Crippen LogP contribution in [0.2, 0.25) is 0 Å². The van der Waals surface area contributed by atoms with E-state index in [-0.39, 0.29) is 22.2 Å². The molecule has 0 aliphatic heterocycles. The van der Waals surface area contributed by atoms with Gasteiger partial charge in [0, 0.05) is 5.39 Å². The molecular formula is C10H8F2N2O2. The lowest BCUT2D eigenvalue weighted by molar-refractivity contribution is 0.0602. The van der Waals surface area contributed by atoms with Gasteiger partial charge in [-0.3, -0.25) is 5.10 Å². The zero-order valence-corrected chi connectivity index (χ0v) is 8.33. The molecule has 1 N–H and O–H groups in total. The van der Waals surface area contributed by atoms with Gasteiger partial charge in [-0.05, 0) is 6.07 Å². The predicted molar refractivity (Wildman–Crippen MR) is 52.4 cm³/mol. The van der Waals surface area contributed by atoms with Crippen LogP contribution in [0.5, 0.6) is 0 Å². The first kappa shape index (κ1) is 10.5. The third-order valence-electron chi connectivity index (χ3n) is 2.24. The maximum Gasteiger partial charge on any atom is 0.340 e. The summed E-state index contributed by atoms with van der Waals surface area (Å²) >= 11 is 0. The van der Waals surface area contributed by atoms with Gasteiger partial charge in [0.2, 0.25) is 0 Å². The van der Waals surface area contributed by atoms with Crippen molar-refractivity contribution in [1.82, 2.24) is 10.2 Å². The number of rotatable bonds is 2. The molecule has 0 unspecified atom stereocenters. The molecule has 1 aromatic heterocycles. The van der Waals surface area contributed by atoms with Crippen LogP contribution in [0.25, 0.3) is 10.9 Å². The van der Waals surface area contributed by atoms with Crippen LogP contribution in [0.1, 0.15) is 22.5 Å². The minimum absolute atomic E-state index is 0.170. The van der Waals surface area contributed by atoms with Crippen molar-refractivity contribution in [2.24, 2.45) is 0 Å². The maximum absolute atomic E-state index is 12.6. The topological polar surface area (TPSA) is 55.0 Å². The van der Waals surface area contributed by atoms with Gasteiger partial charge in [-0.2, -0.15) is 5.10 Å². The van der Waals surface area contributed by atoms with E-state index >= 15 is 0 Å². The van der Waals surface area contributed by atoms with Gasteiger partial charge in [0.25, 0.3) is 6.43 Å². The van der Waals surface area contributed by atoms with Gasteiger partial charge < -0.3 is 4.74 Å². The number of carbonyl (C=O) groups is 1. The first-order valence-corrected chi connectivity index (χ1v) is 4.48. The number of hydrogen-bond acceptors (Lipinski definition) is 3. The number of alkyl halides is 2. The van der Waals surface area contributed by atoms with Gasteiger partial charge in [-0.25, -0.2) is 13.6 Å². The molecule has 0 saturated carbocycles. The number of nitrogens with zero attached hydrogens (tertiary/aromatic N) is 1. The molecule has 2 aromatic rings. The largest absolute Gasteiger partial charge is 0.465 e. The van der Waals surface area contributed by atoms with E-state index in [1.54, 1.807) is 0 Å². The molecule has 16 heavy (non-hydrogen) atoms. The second-order valence-electron chi connectivity index (χ2n) is 3.13. The fourth-order valence-corrected chi connectivity index (χ4v) is 1.50. The van der Waals surface area contributed by atoms with Crippen molar-refractivity contribution >= 4 is 16.9 Å². The van der Waals surface area contributed by atoms with E-state index in [0.717, 1.165) is 0 Å². The summed E-state index contributed by atoms with van der Waals surface area (Å²) in [5.74, 6) is -0.599. The van der Waals surface area contributed by atoms with Gasteiger partial charge in [0.05, 0.1) is 12.7 Å². The number of benzene rings is 1. The Balaban J connectivity index is 2.66. The number of carbonyl (C=O) groups excluding carboxylic acids is 1. The van der Waals surface area contributed by atoms with E-state index in [0.29, 0.717) is 0 Å². The van der Waals surface area contributed by atoms with E-state index in [4.69, 9.17) is 0 Å². The van der Waals surface area contributed by atoms with Gasteiger partial charge in [0.1, 0.15) is 11.2 Å². The first-order valence-electron chi connectivity index (χ1n) is 4.48. The molecule has 0 saturated heterocycles. The highest BCUT2D eigenvalue weighted by Gasteiger charge is 2.19. The highest BCUT2D eigenvalue weighted by atomic mass is 19.3. The van der Waals surface area contributed by atoms with Crippen LogP contribution in [-0.4, -0.2) is 23.3 Å². The average molecular weight is 226 g/mol.